The molecule has 0 aromatic carbocycles. The Kier molecular flexibility index (Phi) is 2.20. The van der Waals surface area contributed by atoms with Gasteiger partial charge in [-0.25, -0.2) is 0 Å². The van der Waals surface area contributed by atoms with E-state index in [1.165, 1.54) is 6.42 Å². The molecule has 0 fully saturated rings. The summed E-state index contributed by atoms with van der Waals surface area (Å²) in [5.41, 5.74) is 0. The second kappa shape index (κ2) is 3.36. The minimum absolute atomic E-state index is 0.648. The van der Waals surface area contributed by atoms with Crippen LogP contribution in [-0.4, -0.2) is 21.3 Å². The number of fused-ring (bicyclic) bond motifs is 1. The van der Waals surface area contributed by atoms with E-state index in [1.54, 1.807) is 0 Å². The van der Waals surface area contributed by atoms with Crippen LogP contribution in [-0.2, 0) is 13.0 Å². The zero-order valence-electron chi connectivity index (χ0n) is 8.25. The van der Waals surface area contributed by atoms with Gasteiger partial charge in [0.05, 0.1) is 0 Å². The third-order valence-corrected chi connectivity index (χ3v) is 2.26. The molecule has 72 valence electrons. The number of nitrogens with one attached hydrogen (secondary N) is 1. The van der Waals surface area contributed by atoms with E-state index < -0.39 is 0 Å². The van der Waals surface area contributed by atoms with Crippen molar-refractivity contribution in [3.05, 3.63) is 5.82 Å². The molecule has 0 aliphatic carbocycles. The van der Waals surface area contributed by atoms with Crippen LogP contribution in [0.15, 0.2) is 0 Å². The Morgan fingerprint density at radius 3 is 3.08 bits per heavy atom. The molecule has 1 aromatic heterocycles. The van der Waals surface area contributed by atoms with Gasteiger partial charge in [-0.3, -0.25) is 4.57 Å². The highest BCUT2D eigenvalue weighted by molar-refractivity contribution is 5.27. The van der Waals surface area contributed by atoms with Gasteiger partial charge in [0.15, 0.2) is 0 Å². The van der Waals surface area contributed by atoms with Crippen molar-refractivity contribution in [2.75, 3.05) is 11.9 Å². The first-order chi connectivity index (χ1) is 6.27. The van der Waals surface area contributed by atoms with Crippen LogP contribution in [0.4, 0.5) is 5.95 Å². The van der Waals surface area contributed by atoms with Gasteiger partial charge in [0, 0.05) is 19.5 Å². The molecule has 1 aliphatic rings. The van der Waals surface area contributed by atoms with Gasteiger partial charge in [-0.15, -0.1) is 10.2 Å². The van der Waals surface area contributed by atoms with Crippen molar-refractivity contribution >= 4 is 5.95 Å². The van der Waals surface area contributed by atoms with Crippen LogP contribution < -0.4 is 5.32 Å². The molecular weight excluding hydrogens is 164 g/mol. The third kappa shape index (κ3) is 1.66. The molecule has 0 saturated heterocycles. The molecular formula is C9H16N4. The number of hydrogen-bond donors (Lipinski definition) is 1. The molecule has 0 radical (unpaired) electrons. The Hall–Kier alpha value is -1.06. The lowest BCUT2D eigenvalue weighted by atomic mass is 10.1. The molecule has 0 amide bonds. The Bertz CT molecular complexity index is 290. The number of rotatable bonds is 2. The van der Waals surface area contributed by atoms with E-state index in [0.29, 0.717) is 5.92 Å². The van der Waals surface area contributed by atoms with E-state index in [2.05, 4.69) is 33.9 Å². The van der Waals surface area contributed by atoms with Gasteiger partial charge >= 0.3 is 0 Å². The largest absolute Gasteiger partial charge is 0.354 e. The van der Waals surface area contributed by atoms with E-state index in [-0.39, 0.29) is 0 Å². The molecule has 2 rings (SSSR count). The van der Waals surface area contributed by atoms with Crippen molar-refractivity contribution in [1.82, 2.24) is 14.8 Å². The molecule has 0 unspecified atom stereocenters. The Labute approximate surface area is 78.4 Å². The standard InChI is InChI=1S/C9H16N4/c1-7(2)6-8-11-12-9-10-4-3-5-13(8)9/h7H,3-6H2,1-2H3,(H,10,12). The first-order valence-corrected chi connectivity index (χ1v) is 4.93. The number of hydrogen-bond acceptors (Lipinski definition) is 3. The quantitative estimate of drug-likeness (QED) is 0.745. The van der Waals surface area contributed by atoms with E-state index in [9.17, 15) is 0 Å². The van der Waals surface area contributed by atoms with E-state index in [4.69, 9.17) is 0 Å². The zero-order chi connectivity index (χ0) is 9.26. The summed E-state index contributed by atoms with van der Waals surface area (Å²) in [5, 5.41) is 11.5. The predicted molar refractivity (Wildman–Crippen MR) is 51.7 cm³/mol. The first kappa shape index (κ1) is 8.53. The summed E-state index contributed by atoms with van der Waals surface area (Å²) in [6.07, 6.45) is 2.20. The van der Waals surface area contributed by atoms with Crippen molar-refractivity contribution in [1.29, 1.82) is 0 Å². The molecule has 2 heterocycles. The summed E-state index contributed by atoms with van der Waals surface area (Å²) < 4.78 is 2.20. The second-order valence-electron chi connectivity index (χ2n) is 3.97. The minimum Gasteiger partial charge on any atom is -0.354 e. The fraction of sp³-hybridized carbons (Fsp3) is 0.778. The van der Waals surface area contributed by atoms with Crippen LogP contribution >= 0.6 is 0 Å². The SMILES string of the molecule is CC(C)Cc1nnc2n1CCCN2. The van der Waals surface area contributed by atoms with Crippen LogP contribution in [0.25, 0.3) is 0 Å². The molecule has 13 heavy (non-hydrogen) atoms. The van der Waals surface area contributed by atoms with Gasteiger partial charge in [0.1, 0.15) is 5.82 Å². The molecule has 4 heteroatoms. The summed E-state index contributed by atoms with van der Waals surface area (Å²) in [5.74, 6) is 2.72. The lowest BCUT2D eigenvalue weighted by Crippen LogP contribution is -2.19. The topological polar surface area (TPSA) is 42.7 Å². The summed E-state index contributed by atoms with van der Waals surface area (Å²) in [4.78, 5) is 0. The molecule has 0 spiro atoms. The number of anilines is 1. The summed E-state index contributed by atoms with van der Waals surface area (Å²) in [7, 11) is 0. The van der Waals surface area contributed by atoms with Gasteiger partial charge < -0.3 is 5.32 Å². The van der Waals surface area contributed by atoms with E-state index >= 15 is 0 Å². The molecule has 1 N–H and O–H groups in total. The van der Waals surface area contributed by atoms with Crippen LogP contribution in [0.5, 0.6) is 0 Å². The summed E-state index contributed by atoms with van der Waals surface area (Å²) >= 11 is 0. The second-order valence-corrected chi connectivity index (χ2v) is 3.97. The maximum Gasteiger partial charge on any atom is 0.224 e. The Morgan fingerprint density at radius 2 is 2.31 bits per heavy atom. The van der Waals surface area contributed by atoms with Crippen molar-refractivity contribution < 1.29 is 0 Å². The molecule has 4 nitrogen and oxygen atoms in total. The molecule has 0 bridgehead atoms. The molecule has 0 atom stereocenters. The van der Waals surface area contributed by atoms with Crippen LogP contribution in [0, 0.1) is 5.92 Å². The monoisotopic (exact) mass is 180 g/mol. The zero-order valence-corrected chi connectivity index (χ0v) is 8.25. The van der Waals surface area contributed by atoms with Gasteiger partial charge in [-0.05, 0) is 12.3 Å². The van der Waals surface area contributed by atoms with E-state index in [0.717, 1.165) is 31.3 Å². The van der Waals surface area contributed by atoms with Gasteiger partial charge in [-0.2, -0.15) is 0 Å². The third-order valence-electron chi connectivity index (χ3n) is 2.26. The lowest BCUT2D eigenvalue weighted by molar-refractivity contribution is 0.551. The highest BCUT2D eigenvalue weighted by Gasteiger charge is 2.15. The van der Waals surface area contributed by atoms with Crippen molar-refractivity contribution in [3.63, 3.8) is 0 Å². The minimum atomic E-state index is 0.648. The lowest BCUT2D eigenvalue weighted by Gasteiger charge is -2.16. The van der Waals surface area contributed by atoms with Gasteiger partial charge in [0.25, 0.3) is 0 Å². The highest BCUT2D eigenvalue weighted by atomic mass is 15.4. The fourth-order valence-corrected chi connectivity index (χ4v) is 1.65. The first-order valence-electron chi connectivity index (χ1n) is 4.93. The maximum absolute atomic E-state index is 4.19. The normalized spacial score (nSPS) is 15.6. The summed E-state index contributed by atoms with van der Waals surface area (Å²) in [6, 6.07) is 0. The van der Waals surface area contributed by atoms with Gasteiger partial charge in [0.2, 0.25) is 5.95 Å². The smallest absolute Gasteiger partial charge is 0.224 e. The average molecular weight is 180 g/mol. The molecule has 0 saturated carbocycles. The fourth-order valence-electron chi connectivity index (χ4n) is 1.65. The predicted octanol–water partition coefficient (Wildman–Crippen LogP) is 1.29. The number of aromatic nitrogens is 3. The van der Waals surface area contributed by atoms with Crippen molar-refractivity contribution in [2.45, 2.75) is 33.2 Å². The number of nitrogens with zero attached hydrogens (tertiary/aromatic N) is 3. The van der Waals surface area contributed by atoms with Gasteiger partial charge in [-0.1, -0.05) is 13.8 Å². The molecule has 1 aromatic rings. The van der Waals surface area contributed by atoms with Crippen LogP contribution in [0.1, 0.15) is 26.1 Å². The highest BCUT2D eigenvalue weighted by Crippen LogP contribution is 2.15. The molecule has 1 aliphatic heterocycles. The maximum atomic E-state index is 4.19. The van der Waals surface area contributed by atoms with Crippen LogP contribution in [0.3, 0.4) is 0 Å². The van der Waals surface area contributed by atoms with Crippen LogP contribution in [0.2, 0.25) is 0 Å². The summed E-state index contributed by atoms with van der Waals surface area (Å²) in [6.45, 7) is 6.51. The Balaban J connectivity index is 2.21. The van der Waals surface area contributed by atoms with E-state index in [1.807, 2.05) is 0 Å². The Morgan fingerprint density at radius 1 is 1.46 bits per heavy atom. The van der Waals surface area contributed by atoms with Crippen molar-refractivity contribution in [2.24, 2.45) is 5.92 Å². The van der Waals surface area contributed by atoms with Crippen molar-refractivity contribution in [3.8, 4) is 0 Å². The average Bonchev–Trinajstić information content (AvgIpc) is 2.48.